The van der Waals surface area contributed by atoms with E-state index >= 15 is 0 Å². The maximum Gasteiger partial charge on any atom is 0.242 e. The van der Waals surface area contributed by atoms with Gasteiger partial charge in [-0.1, -0.05) is 6.92 Å². The molecule has 2 rings (SSSR count). The van der Waals surface area contributed by atoms with Crippen LogP contribution in [-0.4, -0.2) is 0 Å². The lowest BCUT2D eigenvalue weighted by Gasteiger charge is -1.91. The van der Waals surface area contributed by atoms with Crippen molar-refractivity contribution in [2.24, 2.45) is 0 Å². The summed E-state index contributed by atoms with van der Waals surface area (Å²) in [6.45, 7) is 2.16. The summed E-state index contributed by atoms with van der Waals surface area (Å²) in [7, 11) is 0. The number of hydrogen-bond donors (Lipinski definition) is 0. The molecular formula is C12H14N2+2. The monoisotopic (exact) mass is 186 g/mol. The van der Waals surface area contributed by atoms with E-state index in [1.54, 1.807) is 0 Å². The zero-order valence-corrected chi connectivity index (χ0v) is 8.30. The zero-order chi connectivity index (χ0) is 9.80. The lowest BCUT2D eigenvalue weighted by atomic mass is 10.2. The minimum Gasteiger partial charge on any atom is -0.0613 e. The van der Waals surface area contributed by atoms with Crippen LogP contribution in [0.15, 0.2) is 55.1 Å². The average molecular weight is 186 g/mol. The van der Waals surface area contributed by atoms with Crippen LogP contribution in [0, 0.1) is 0 Å². The van der Waals surface area contributed by atoms with Crippen molar-refractivity contribution in [2.75, 3.05) is 0 Å². The van der Waals surface area contributed by atoms with Crippen molar-refractivity contribution in [1.82, 2.24) is 0 Å². The average Bonchev–Trinajstić information content (AvgIpc) is 2.30. The molecule has 0 N–H and O–H groups in total. The van der Waals surface area contributed by atoms with Crippen molar-refractivity contribution < 1.29 is 9.35 Å². The van der Waals surface area contributed by atoms with Gasteiger partial charge < -0.3 is 0 Å². The van der Waals surface area contributed by atoms with Gasteiger partial charge in [0.15, 0.2) is 0 Å². The second-order valence-corrected chi connectivity index (χ2v) is 3.20. The maximum absolute atomic E-state index is 2.16. The number of pyridine rings is 2. The molecule has 0 spiro atoms. The highest BCUT2D eigenvalue weighted by atomic mass is 15.4. The highest BCUT2D eigenvalue weighted by Crippen LogP contribution is 1.93. The number of aromatic nitrogens is 2. The van der Waals surface area contributed by atoms with Crippen LogP contribution in [0.5, 0.6) is 0 Å². The molecule has 0 fully saturated rings. The molecule has 70 valence electrons. The molecule has 2 heterocycles. The van der Waals surface area contributed by atoms with Crippen LogP contribution in [-0.2, 0) is 6.42 Å². The van der Waals surface area contributed by atoms with Crippen LogP contribution in [0.25, 0.3) is 0 Å². The molecule has 0 aliphatic rings. The van der Waals surface area contributed by atoms with Gasteiger partial charge in [-0.2, -0.15) is 0 Å². The van der Waals surface area contributed by atoms with Crippen molar-refractivity contribution in [3.05, 3.63) is 60.7 Å². The predicted octanol–water partition coefficient (Wildman–Crippen LogP) is 1.14. The molecule has 2 aromatic rings. The Morgan fingerprint density at radius 3 is 2.00 bits per heavy atom. The van der Waals surface area contributed by atoms with Crippen LogP contribution in [0.2, 0.25) is 0 Å². The van der Waals surface area contributed by atoms with Gasteiger partial charge in [0.05, 0.1) is 9.35 Å². The Morgan fingerprint density at radius 1 is 0.857 bits per heavy atom. The molecule has 14 heavy (non-hydrogen) atoms. The maximum atomic E-state index is 2.16. The van der Waals surface area contributed by atoms with Gasteiger partial charge in [-0.15, -0.1) is 0 Å². The highest BCUT2D eigenvalue weighted by molar-refractivity contribution is 5.06. The molecule has 0 aliphatic carbocycles. The van der Waals surface area contributed by atoms with Gasteiger partial charge in [0.1, 0.15) is 0 Å². The van der Waals surface area contributed by atoms with Crippen molar-refractivity contribution in [3.8, 4) is 0 Å². The summed E-state index contributed by atoms with van der Waals surface area (Å²) in [4.78, 5) is 0. The third-order valence-corrected chi connectivity index (χ3v) is 2.26. The Labute approximate surface area is 84.0 Å². The van der Waals surface area contributed by atoms with E-state index < -0.39 is 0 Å². The second-order valence-electron chi connectivity index (χ2n) is 3.20. The summed E-state index contributed by atoms with van der Waals surface area (Å²) in [6.07, 6.45) is 9.26. The van der Waals surface area contributed by atoms with E-state index in [9.17, 15) is 0 Å². The number of aryl methyl sites for hydroxylation is 1. The first-order valence-corrected chi connectivity index (χ1v) is 4.87. The fourth-order valence-electron chi connectivity index (χ4n) is 1.38. The fraction of sp³-hybridized carbons (Fsp3) is 0.167. The van der Waals surface area contributed by atoms with E-state index in [4.69, 9.17) is 0 Å². The smallest absolute Gasteiger partial charge is 0.0613 e. The van der Waals surface area contributed by atoms with Crippen LogP contribution in [0.3, 0.4) is 0 Å². The quantitative estimate of drug-likeness (QED) is 0.621. The minimum absolute atomic E-state index is 1.08. The Bertz CT molecular complexity index is 392. The van der Waals surface area contributed by atoms with E-state index in [2.05, 4.69) is 31.5 Å². The molecule has 2 aromatic heterocycles. The normalized spacial score (nSPS) is 10.1. The molecule has 0 aromatic carbocycles. The van der Waals surface area contributed by atoms with Gasteiger partial charge in [-0.3, -0.25) is 0 Å². The topological polar surface area (TPSA) is 7.76 Å². The summed E-state index contributed by atoms with van der Waals surface area (Å²) >= 11 is 0. The summed E-state index contributed by atoms with van der Waals surface area (Å²) in [5.74, 6) is 0. The highest BCUT2D eigenvalue weighted by Gasteiger charge is 2.08. The first kappa shape index (κ1) is 8.88. The number of nitrogens with zero attached hydrogens (tertiary/aromatic N) is 2. The Balaban J connectivity index is 2.34. The van der Waals surface area contributed by atoms with Crippen LogP contribution >= 0.6 is 0 Å². The summed E-state index contributed by atoms with van der Waals surface area (Å²) < 4.78 is 4.07. The van der Waals surface area contributed by atoms with E-state index in [-0.39, 0.29) is 0 Å². The molecule has 0 radical (unpaired) electrons. The molecule has 0 saturated carbocycles. The van der Waals surface area contributed by atoms with Crippen molar-refractivity contribution in [2.45, 2.75) is 13.3 Å². The Hall–Kier alpha value is -1.70. The SMILES string of the molecule is CCc1cc[n+](-[n+]2ccccc2)cc1. The van der Waals surface area contributed by atoms with E-state index in [1.165, 1.54) is 5.56 Å². The van der Waals surface area contributed by atoms with E-state index in [0.29, 0.717) is 0 Å². The standard InChI is InChI=1S/C12H14N2/c1-2-12-6-10-14(11-7-12)13-8-4-3-5-9-13/h3-11H,2H2,1H3/q+2. The van der Waals surface area contributed by atoms with Gasteiger partial charge in [-0.05, 0) is 18.1 Å². The van der Waals surface area contributed by atoms with Gasteiger partial charge in [0, 0.05) is 24.3 Å². The predicted molar refractivity (Wildman–Crippen MR) is 53.4 cm³/mol. The van der Waals surface area contributed by atoms with E-state index in [1.807, 2.05) is 39.9 Å². The fourth-order valence-corrected chi connectivity index (χ4v) is 1.38. The number of rotatable bonds is 2. The van der Waals surface area contributed by atoms with Crippen LogP contribution in [0.4, 0.5) is 0 Å². The minimum atomic E-state index is 1.08. The molecule has 0 atom stereocenters. The van der Waals surface area contributed by atoms with Gasteiger partial charge in [-0.25, -0.2) is 0 Å². The van der Waals surface area contributed by atoms with Crippen LogP contribution in [0.1, 0.15) is 12.5 Å². The largest absolute Gasteiger partial charge is 0.242 e. The first-order valence-electron chi connectivity index (χ1n) is 4.87. The molecule has 2 nitrogen and oxygen atoms in total. The van der Waals surface area contributed by atoms with Gasteiger partial charge in [0.25, 0.3) is 0 Å². The third-order valence-electron chi connectivity index (χ3n) is 2.26. The van der Waals surface area contributed by atoms with Crippen LogP contribution < -0.4 is 9.35 Å². The van der Waals surface area contributed by atoms with Gasteiger partial charge in [0.2, 0.25) is 24.8 Å². The molecule has 0 aliphatic heterocycles. The summed E-state index contributed by atoms with van der Waals surface area (Å²) in [5, 5.41) is 0. The van der Waals surface area contributed by atoms with Crippen molar-refractivity contribution in [3.63, 3.8) is 0 Å². The molecule has 2 heteroatoms. The summed E-state index contributed by atoms with van der Waals surface area (Å²) in [5.41, 5.74) is 1.36. The van der Waals surface area contributed by atoms with E-state index in [0.717, 1.165) is 6.42 Å². The Kier molecular flexibility index (Phi) is 2.54. The molecule has 0 unspecified atom stereocenters. The first-order chi connectivity index (χ1) is 6.90. The lowest BCUT2D eigenvalue weighted by molar-refractivity contribution is -1.30. The molecule has 0 saturated heterocycles. The molecular weight excluding hydrogens is 172 g/mol. The van der Waals surface area contributed by atoms with Gasteiger partial charge >= 0.3 is 0 Å². The lowest BCUT2D eigenvalue weighted by Crippen LogP contribution is -2.65. The second kappa shape index (κ2) is 4.01. The third kappa shape index (κ3) is 1.79. The van der Waals surface area contributed by atoms with Crippen molar-refractivity contribution >= 4 is 0 Å². The zero-order valence-electron chi connectivity index (χ0n) is 8.30. The molecule has 0 bridgehead atoms. The Morgan fingerprint density at radius 2 is 1.43 bits per heavy atom. The number of hydrogen-bond acceptors (Lipinski definition) is 0. The summed E-state index contributed by atoms with van der Waals surface area (Å²) in [6, 6.07) is 10.3. The van der Waals surface area contributed by atoms with Crippen molar-refractivity contribution in [1.29, 1.82) is 0 Å². The molecule has 0 amide bonds.